The lowest BCUT2D eigenvalue weighted by molar-refractivity contribution is 0.0696. The van der Waals surface area contributed by atoms with E-state index in [2.05, 4.69) is 15.4 Å². The maximum Gasteiger partial charge on any atom is 0.335 e. The van der Waals surface area contributed by atoms with E-state index in [1.807, 2.05) is 0 Å². The molecule has 0 saturated heterocycles. The average Bonchev–Trinajstić information content (AvgIpc) is 3.34. The van der Waals surface area contributed by atoms with Crippen molar-refractivity contribution in [1.82, 2.24) is 0 Å². The van der Waals surface area contributed by atoms with Crippen LogP contribution in [0.25, 0.3) is 0 Å². The summed E-state index contributed by atoms with van der Waals surface area (Å²) in [6.07, 6.45) is 1.50. The molecular formula is C24H23N5O5S. The largest absolute Gasteiger partial charge is 0.478 e. The van der Waals surface area contributed by atoms with E-state index in [1.165, 1.54) is 24.5 Å². The molecule has 1 aromatic heterocycles. The molecule has 0 fully saturated rings. The zero-order valence-corrected chi connectivity index (χ0v) is 19.2. The second kappa shape index (κ2) is 9.69. The smallest absolute Gasteiger partial charge is 0.335 e. The summed E-state index contributed by atoms with van der Waals surface area (Å²) in [5, 5.41) is 15.8. The van der Waals surface area contributed by atoms with Gasteiger partial charge in [0, 0.05) is 22.7 Å². The number of furan rings is 1. The zero-order valence-electron chi connectivity index (χ0n) is 18.4. The highest BCUT2D eigenvalue weighted by Crippen LogP contribution is 2.36. The molecule has 0 spiro atoms. The standard InChI is InChI=1S/C24H23N5O5S/c25-16-3-7-18(8-4-16)28-23-21(27-14-20-2-1-11-34-20)12-15(24(30)31)13-22(23)35(32,33)29-19-9-5-17(26)6-10-19/h1-13,27-29H,14,25-26H2,(H,30,31). The molecule has 3 aromatic carbocycles. The molecule has 8 N–H and O–H groups in total. The first-order valence-corrected chi connectivity index (χ1v) is 11.9. The van der Waals surface area contributed by atoms with Gasteiger partial charge in [0.05, 0.1) is 29.7 Å². The number of carboxylic acid groups (broad SMARTS) is 1. The number of nitrogens with two attached hydrogens (primary N) is 2. The van der Waals surface area contributed by atoms with Gasteiger partial charge in [0.1, 0.15) is 10.7 Å². The van der Waals surface area contributed by atoms with Crippen LogP contribution in [0.4, 0.5) is 34.1 Å². The molecule has 1 heterocycles. The third-order valence-electron chi connectivity index (χ3n) is 5.01. The number of carbonyl (C=O) groups is 1. The molecule has 0 bridgehead atoms. The molecule has 4 aromatic rings. The van der Waals surface area contributed by atoms with Crippen LogP contribution in [-0.4, -0.2) is 19.5 Å². The summed E-state index contributed by atoms with van der Waals surface area (Å²) in [6.45, 7) is 0.192. The Balaban J connectivity index is 1.82. The van der Waals surface area contributed by atoms with Gasteiger partial charge in [0.15, 0.2) is 0 Å². The normalized spacial score (nSPS) is 11.1. The molecule has 11 heteroatoms. The Labute approximate surface area is 201 Å². The number of aromatic carboxylic acids is 1. The quantitative estimate of drug-likeness (QED) is 0.186. The van der Waals surface area contributed by atoms with Gasteiger partial charge in [-0.25, -0.2) is 13.2 Å². The highest BCUT2D eigenvalue weighted by molar-refractivity contribution is 7.93. The molecule has 0 amide bonds. The van der Waals surface area contributed by atoms with Crippen molar-refractivity contribution in [1.29, 1.82) is 0 Å². The highest BCUT2D eigenvalue weighted by Gasteiger charge is 2.25. The first-order chi connectivity index (χ1) is 16.7. The third kappa shape index (κ3) is 5.65. The van der Waals surface area contributed by atoms with Gasteiger partial charge in [-0.1, -0.05) is 0 Å². The molecule has 10 nitrogen and oxygen atoms in total. The summed E-state index contributed by atoms with van der Waals surface area (Å²) in [5.74, 6) is -0.706. The monoisotopic (exact) mass is 493 g/mol. The number of sulfonamides is 1. The van der Waals surface area contributed by atoms with Gasteiger partial charge in [-0.05, 0) is 72.8 Å². The SMILES string of the molecule is Nc1ccc(Nc2c(NCc3ccco3)cc(C(=O)O)cc2S(=O)(=O)Nc2ccc(N)cc2)cc1. The second-order valence-electron chi connectivity index (χ2n) is 7.61. The molecule has 4 rings (SSSR count). The number of hydrogen-bond acceptors (Lipinski definition) is 8. The van der Waals surface area contributed by atoms with Crippen LogP contribution in [0.15, 0.2) is 88.4 Å². The van der Waals surface area contributed by atoms with Crippen molar-refractivity contribution in [2.24, 2.45) is 0 Å². The maximum atomic E-state index is 13.5. The Bertz CT molecular complexity index is 1440. The van der Waals surface area contributed by atoms with E-state index in [9.17, 15) is 18.3 Å². The Kier molecular flexibility index (Phi) is 6.51. The van der Waals surface area contributed by atoms with Crippen molar-refractivity contribution in [3.63, 3.8) is 0 Å². The van der Waals surface area contributed by atoms with Crippen molar-refractivity contribution < 1.29 is 22.7 Å². The van der Waals surface area contributed by atoms with Crippen LogP contribution in [0.2, 0.25) is 0 Å². The topological polar surface area (TPSA) is 173 Å². The van der Waals surface area contributed by atoms with Gasteiger partial charge in [-0.15, -0.1) is 0 Å². The summed E-state index contributed by atoms with van der Waals surface area (Å²) in [6, 6.07) is 18.7. The number of nitrogen functional groups attached to an aromatic ring is 2. The van der Waals surface area contributed by atoms with Crippen LogP contribution < -0.4 is 26.8 Å². The minimum atomic E-state index is -4.24. The van der Waals surface area contributed by atoms with Gasteiger partial charge < -0.3 is 31.6 Å². The minimum absolute atomic E-state index is 0.147. The molecule has 0 aliphatic rings. The highest BCUT2D eigenvalue weighted by atomic mass is 32.2. The van der Waals surface area contributed by atoms with Crippen molar-refractivity contribution in [2.45, 2.75) is 11.4 Å². The van der Waals surface area contributed by atoms with Crippen LogP contribution in [-0.2, 0) is 16.6 Å². The Morgan fingerprint density at radius 2 is 1.54 bits per heavy atom. The fourth-order valence-corrected chi connectivity index (χ4v) is 4.55. The summed E-state index contributed by atoms with van der Waals surface area (Å²) in [4.78, 5) is 11.6. The Hall–Kier alpha value is -4.64. The molecule has 35 heavy (non-hydrogen) atoms. The average molecular weight is 494 g/mol. The van der Waals surface area contributed by atoms with Crippen LogP contribution in [0.1, 0.15) is 16.1 Å². The van der Waals surface area contributed by atoms with E-state index >= 15 is 0 Å². The molecular weight excluding hydrogens is 470 g/mol. The van der Waals surface area contributed by atoms with E-state index < -0.39 is 16.0 Å². The van der Waals surface area contributed by atoms with Crippen molar-refractivity contribution in [3.8, 4) is 0 Å². The van der Waals surface area contributed by atoms with Gasteiger partial charge in [-0.3, -0.25) is 4.72 Å². The van der Waals surface area contributed by atoms with E-state index in [0.717, 1.165) is 6.07 Å². The lowest BCUT2D eigenvalue weighted by atomic mass is 10.1. The van der Waals surface area contributed by atoms with E-state index in [4.69, 9.17) is 15.9 Å². The third-order valence-corrected chi connectivity index (χ3v) is 6.42. The summed E-state index contributed by atoms with van der Waals surface area (Å²) >= 11 is 0. The van der Waals surface area contributed by atoms with E-state index in [0.29, 0.717) is 22.8 Å². The van der Waals surface area contributed by atoms with Crippen LogP contribution >= 0.6 is 0 Å². The fourth-order valence-electron chi connectivity index (χ4n) is 3.29. The van der Waals surface area contributed by atoms with E-state index in [-0.39, 0.29) is 34.1 Å². The van der Waals surface area contributed by atoms with Crippen molar-refractivity contribution in [2.75, 3.05) is 26.8 Å². The summed E-state index contributed by atoms with van der Waals surface area (Å²) < 4.78 is 34.8. The first-order valence-electron chi connectivity index (χ1n) is 10.4. The second-order valence-corrected chi connectivity index (χ2v) is 9.26. The first kappa shape index (κ1) is 23.5. The number of carboxylic acids is 1. The predicted molar refractivity (Wildman–Crippen MR) is 135 cm³/mol. The number of rotatable bonds is 9. The lowest BCUT2D eigenvalue weighted by Crippen LogP contribution is -2.17. The van der Waals surface area contributed by atoms with Crippen LogP contribution in [0.5, 0.6) is 0 Å². The van der Waals surface area contributed by atoms with Crippen LogP contribution in [0.3, 0.4) is 0 Å². The molecule has 0 aliphatic heterocycles. The number of anilines is 6. The van der Waals surface area contributed by atoms with Crippen molar-refractivity contribution >= 4 is 50.1 Å². The number of nitrogens with one attached hydrogen (secondary N) is 3. The molecule has 180 valence electrons. The van der Waals surface area contributed by atoms with Gasteiger partial charge >= 0.3 is 5.97 Å². The fraction of sp³-hybridized carbons (Fsp3) is 0.0417. The zero-order chi connectivity index (χ0) is 25.0. The Morgan fingerprint density at radius 1 is 0.914 bits per heavy atom. The summed E-state index contributed by atoms with van der Waals surface area (Å²) in [7, 11) is -4.24. The maximum absolute atomic E-state index is 13.5. The number of hydrogen-bond donors (Lipinski definition) is 6. The Morgan fingerprint density at radius 3 is 2.11 bits per heavy atom. The number of benzene rings is 3. The van der Waals surface area contributed by atoms with E-state index in [1.54, 1.807) is 48.5 Å². The molecule has 0 saturated carbocycles. The molecule has 0 radical (unpaired) electrons. The van der Waals surface area contributed by atoms with Gasteiger partial charge in [0.25, 0.3) is 10.0 Å². The lowest BCUT2D eigenvalue weighted by Gasteiger charge is -2.20. The van der Waals surface area contributed by atoms with Gasteiger partial charge in [0.2, 0.25) is 0 Å². The molecule has 0 aliphatic carbocycles. The van der Waals surface area contributed by atoms with Gasteiger partial charge in [-0.2, -0.15) is 0 Å². The molecule has 0 atom stereocenters. The predicted octanol–water partition coefficient (Wildman–Crippen LogP) is 4.30. The summed E-state index contributed by atoms with van der Waals surface area (Å²) in [5.41, 5.74) is 13.5. The molecule has 0 unspecified atom stereocenters. The van der Waals surface area contributed by atoms with Crippen LogP contribution in [0, 0.1) is 0 Å². The minimum Gasteiger partial charge on any atom is -0.478 e. The van der Waals surface area contributed by atoms with Crippen molar-refractivity contribution in [3.05, 3.63) is 90.4 Å².